The molecule has 0 aliphatic heterocycles. The molecular weight excluding hydrogens is 366 g/mol. The molecule has 0 unspecified atom stereocenters. The summed E-state index contributed by atoms with van der Waals surface area (Å²) in [6.07, 6.45) is 1.08. The first kappa shape index (κ1) is 15.8. The average Bonchev–Trinajstić information content (AvgIpc) is 2.41. The van der Waals surface area contributed by atoms with Gasteiger partial charge in [-0.25, -0.2) is 0 Å². The molecule has 0 saturated carbocycles. The Kier molecular flexibility index (Phi) is 4.58. The number of hydrogen-bond acceptors (Lipinski definition) is 2. The Morgan fingerprint density at radius 1 is 1.14 bits per heavy atom. The van der Waals surface area contributed by atoms with Crippen LogP contribution in [0.4, 0.5) is 8.78 Å². The molecule has 0 fully saturated rings. The lowest BCUT2D eigenvalue weighted by molar-refractivity contribution is 0.0655. The molecule has 0 atom stereocenters. The zero-order valence-electron chi connectivity index (χ0n) is 10.9. The third-order valence-corrected chi connectivity index (χ3v) is 4.43. The number of alkyl halides is 2. The standard InChI is InChI=1S/C13H11BrF2N2O2S/c1-9-2-5-11(6-3-9)21(19,20)17-12-7-4-10(14)8-18(12)13(15)16/h2-8,13H,1H3. The van der Waals surface area contributed by atoms with Crippen molar-refractivity contribution >= 4 is 26.0 Å². The molecule has 21 heavy (non-hydrogen) atoms. The Morgan fingerprint density at radius 2 is 1.76 bits per heavy atom. The van der Waals surface area contributed by atoms with E-state index in [1.807, 2.05) is 6.92 Å². The quantitative estimate of drug-likeness (QED) is 0.825. The van der Waals surface area contributed by atoms with E-state index in [1.165, 1.54) is 24.3 Å². The van der Waals surface area contributed by atoms with Crippen molar-refractivity contribution in [3.8, 4) is 0 Å². The maximum absolute atomic E-state index is 12.9. The third-order valence-electron chi connectivity index (χ3n) is 2.66. The van der Waals surface area contributed by atoms with Crippen molar-refractivity contribution < 1.29 is 17.2 Å². The summed E-state index contributed by atoms with van der Waals surface area (Å²) >= 11 is 3.05. The van der Waals surface area contributed by atoms with Gasteiger partial charge in [0.2, 0.25) is 0 Å². The van der Waals surface area contributed by atoms with E-state index in [9.17, 15) is 17.2 Å². The molecular formula is C13H11BrF2N2O2S. The Morgan fingerprint density at radius 3 is 2.33 bits per heavy atom. The molecule has 1 heterocycles. The highest BCUT2D eigenvalue weighted by atomic mass is 79.9. The van der Waals surface area contributed by atoms with Gasteiger partial charge in [-0.15, -0.1) is 4.40 Å². The van der Waals surface area contributed by atoms with Crippen LogP contribution in [0.3, 0.4) is 0 Å². The zero-order chi connectivity index (χ0) is 15.6. The molecule has 0 aliphatic rings. The van der Waals surface area contributed by atoms with E-state index in [-0.39, 0.29) is 10.4 Å². The number of nitrogens with zero attached hydrogens (tertiary/aromatic N) is 2. The fraction of sp³-hybridized carbons (Fsp3) is 0.154. The Balaban J connectivity index is 2.60. The Bertz CT molecular complexity index is 815. The van der Waals surface area contributed by atoms with Crippen LogP contribution >= 0.6 is 15.9 Å². The minimum absolute atomic E-state index is 0.0446. The zero-order valence-corrected chi connectivity index (χ0v) is 13.3. The number of rotatable bonds is 3. The largest absolute Gasteiger partial charge is 0.320 e. The number of aromatic nitrogens is 1. The molecule has 0 N–H and O–H groups in total. The summed E-state index contributed by atoms with van der Waals surface area (Å²) in [6, 6.07) is 8.67. The molecule has 0 spiro atoms. The highest BCUT2D eigenvalue weighted by Crippen LogP contribution is 2.14. The van der Waals surface area contributed by atoms with Gasteiger partial charge in [-0.1, -0.05) is 17.7 Å². The first-order chi connectivity index (χ1) is 9.79. The van der Waals surface area contributed by atoms with Gasteiger partial charge in [0.05, 0.1) is 4.90 Å². The van der Waals surface area contributed by atoms with Crippen molar-refractivity contribution in [2.24, 2.45) is 4.40 Å². The number of aryl methyl sites for hydroxylation is 1. The number of benzene rings is 1. The number of sulfonamides is 1. The predicted octanol–water partition coefficient (Wildman–Crippen LogP) is 3.24. The van der Waals surface area contributed by atoms with Crippen LogP contribution in [-0.4, -0.2) is 13.0 Å². The minimum atomic E-state index is -4.04. The third kappa shape index (κ3) is 3.76. The Labute approximate surface area is 129 Å². The predicted molar refractivity (Wildman–Crippen MR) is 77.3 cm³/mol. The molecule has 0 amide bonds. The Hall–Kier alpha value is -1.54. The smallest absolute Gasteiger partial charge is 0.274 e. The molecule has 1 aromatic carbocycles. The number of pyridine rings is 1. The number of hydrogen-bond donors (Lipinski definition) is 0. The summed E-state index contributed by atoms with van der Waals surface area (Å²) in [5.41, 5.74) is 0.550. The van der Waals surface area contributed by atoms with E-state index >= 15 is 0 Å². The van der Waals surface area contributed by atoms with Crippen molar-refractivity contribution in [2.45, 2.75) is 18.4 Å². The van der Waals surface area contributed by atoms with Gasteiger partial charge in [0.15, 0.2) is 0 Å². The first-order valence-electron chi connectivity index (χ1n) is 5.83. The first-order valence-corrected chi connectivity index (χ1v) is 8.06. The van der Waals surface area contributed by atoms with Gasteiger partial charge in [-0.3, -0.25) is 4.57 Å². The monoisotopic (exact) mass is 376 g/mol. The lowest BCUT2D eigenvalue weighted by Crippen LogP contribution is -2.22. The number of halogens is 3. The van der Waals surface area contributed by atoms with Gasteiger partial charge in [-0.2, -0.15) is 17.2 Å². The van der Waals surface area contributed by atoms with Crippen molar-refractivity contribution in [3.05, 3.63) is 58.1 Å². The summed E-state index contributed by atoms with van der Waals surface area (Å²) in [5, 5.41) is 0. The fourth-order valence-corrected chi connectivity index (χ4v) is 2.94. The molecule has 1 aromatic heterocycles. The van der Waals surface area contributed by atoms with Gasteiger partial charge in [0.25, 0.3) is 10.0 Å². The summed E-state index contributed by atoms with van der Waals surface area (Å²) in [7, 11) is -4.04. The second-order valence-corrected chi connectivity index (χ2v) is 6.79. The molecule has 8 heteroatoms. The van der Waals surface area contributed by atoms with Crippen LogP contribution in [0.5, 0.6) is 0 Å². The van der Waals surface area contributed by atoms with Crippen molar-refractivity contribution in [2.75, 3.05) is 0 Å². The van der Waals surface area contributed by atoms with E-state index in [4.69, 9.17) is 0 Å². The van der Waals surface area contributed by atoms with E-state index in [2.05, 4.69) is 20.3 Å². The molecule has 0 saturated heterocycles. The SMILES string of the molecule is Cc1ccc(S(=O)(=O)N=c2ccc(Br)cn2C(F)F)cc1. The van der Waals surface area contributed by atoms with Crippen LogP contribution in [-0.2, 0) is 10.0 Å². The van der Waals surface area contributed by atoms with Crippen LogP contribution in [0, 0.1) is 6.92 Å². The van der Waals surface area contributed by atoms with Crippen LogP contribution in [0.25, 0.3) is 0 Å². The summed E-state index contributed by atoms with van der Waals surface area (Å²) in [5.74, 6) is 0. The second kappa shape index (κ2) is 6.07. The van der Waals surface area contributed by atoms with Gasteiger partial charge in [0.1, 0.15) is 5.49 Å². The van der Waals surface area contributed by atoms with Gasteiger partial charge >= 0.3 is 6.55 Å². The lowest BCUT2D eigenvalue weighted by Gasteiger charge is -2.06. The highest BCUT2D eigenvalue weighted by Gasteiger charge is 2.14. The minimum Gasteiger partial charge on any atom is -0.274 e. The van der Waals surface area contributed by atoms with Crippen molar-refractivity contribution in [3.63, 3.8) is 0 Å². The van der Waals surface area contributed by atoms with E-state index in [1.54, 1.807) is 12.1 Å². The maximum atomic E-state index is 12.9. The topological polar surface area (TPSA) is 51.4 Å². The molecule has 0 radical (unpaired) electrons. The fourth-order valence-electron chi connectivity index (χ4n) is 1.60. The summed E-state index contributed by atoms with van der Waals surface area (Å²) in [4.78, 5) is -0.0446. The van der Waals surface area contributed by atoms with E-state index in [0.717, 1.165) is 11.8 Å². The average molecular weight is 377 g/mol. The van der Waals surface area contributed by atoms with Gasteiger partial charge in [0, 0.05) is 10.7 Å². The van der Waals surface area contributed by atoms with E-state index < -0.39 is 16.6 Å². The summed E-state index contributed by atoms with van der Waals surface area (Å²) in [6.45, 7) is -1.08. The van der Waals surface area contributed by atoms with Crippen LogP contribution in [0.1, 0.15) is 12.1 Å². The van der Waals surface area contributed by atoms with Gasteiger partial charge < -0.3 is 0 Å². The van der Waals surface area contributed by atoms with Crippen molar-refractivity contribution in [1.82, 2.24) is 4.57 Å². The highest BCUT2D eigenvalue weighted by molar-refractivity contribution is 9.10. The van der Waals surface area contributed by atoms with Crippen LogP contribution in [0.2, 0.25) is 0 Å². The normalized spacial score (nSPS) is 12.9. The van der Waals surface area contributed by atoms with Crippen LogP contribution < -0.4 is 5.49 Å². The molecule has 112 valence electrons. The molecule has 0 aliphatic carbocycles. The maximum Gasteiger partial charge on any atom is 0.320 e. The molecule has 4 nitrogen and oxygen atoms in total. The van der Waals surface area contributed by atoms with E-state index in [0.29, 0.717) is 9.04 Å². The summed E-state index contributed by atoms with van der Waals surface area (Å²) < 4.78 is 54.5. The molecule has 2 rings (SSSR count). The lowest BCUT2D eigenvalue weighted by atomic mass is 10.2. The second-order valence-electron chi connectivity index (χ2n) is 4.27. The van der Waals surface area contributed by atoms with Crippen molar-refractivity contribution in [1.29, 1.82) is 0 Å². The van der Waals surface area contributed by atoms with Crippen LogP contribution in [0.15, 0.2) is 56.4 Å². The molecule has 0 bridgehead atoms. The van der Waals surface area contributed by atoms with Gasteiger partial charge in [-0.05, 0) is 47.1 Å². The molecule has 2 aromatic rings.